The number of nitrogens with one attached hydrogen (secondary N) is 2. The van der Waals surface area contributed by atoms with Crippen LogP contribution in [-0.2, 0) is 4.74 Å². The molecule has 0 bridgehead atoms. The quantitative estimate of drug-likeness (QED) is 0.617. The van der Waals surface area contributed by atoms with E-state index in [-0.39, 0.29) is 22.8 Å². The zero-order valence-electron chi connectivity index (χ0n) is 12.1. The van der Waals surface area contributed by atoms with Crippen LogP contribution >= 0.6 is 0 Å². The number of methoxy groups -OCH3 is 1. The Balaban J connectivity index is 2.13. The maximum atomic E-state index is 12.3. The second-order valence-corrected chi connectivity index (χ2v) is 5.16. The van der Waals surface area contributed by atoms with Crippen molar-refractivity contribution in [2.45, 2.75) is 24.9 Å². The molecule has 114 valence electrons. The Bertz CT molecular complexity index is 550. The summed E-state index contributed by atoms with van der Waals surface area (Å²) in [5.74, 6) is -0.341. The Kier molecular flexibility index (Phi) is 4.42. The van der Waals surface area contributed by atoms with E-state index in [1.54, 1.807) is 14.2 Å². The van der Waals surface area contributed by atoms with Crippen LogP contribution in [0.3, 0.4) is 0 Å². The third-order valence-electron chi connectivity index (χ3n) is 4.00. The predicted molar refractivity (Wildman–Crippen MR) is 78.6 cm³/mol. The summed E-state index contributed by atoms with van der Waals surface area (Å²) >= 11 is 0. The molecule has 0 heterocycles. The van der Waals surface area contributed by atoms with Crippen molar-refractivity contribution >= 4 is 17.3 Å². The van der Waals surface area contributed by atoms with Crippen LogP contribution in [0.1, 0.15) is 29.6 Å². The summed E-state index contributed by atoms with van der Waals surface area (Å²) in [5, 5.41) is 16.5. The Labute approximate surface area is 122 Å². The van der Waals surface area contributed by atoms with Crippen molar-refractivity contribution in [3.05, 3.63) is 33.9 Å². The lowest BCUT2D eigenvalue weighted by Crippen LogP contribution is -2.49. The van der Waals surface area contributed by atoms with Crippen LogP contribution in [0, 0.1) is 10.1 Å². The van der Waals surface area contributed by atoms with Crippen LogP contribution in [0.5, 0.6) is 0 Å². The number of rotatable bonds is 6. The highest BCUT2D eigenvalue weighted by atomic mass is 16.6. The fraction of sp³-hybridized carbons (Fsp3) is 0.500. The summed E-state index contributed by atoms with van der Waals surface area (Å²) in [6.45, 7) is 0.411. The number of hydrogen-bond acceptors (Lipinski definition) is 5. The van der Waals surface area contributed by atoms with Gasteiger partial charge in [0.1, 0.15) is 0 Å². The molecule has 2 rings (SSSR count). The van der Waals surface area contributed by atoms with Crippen LogP contribution in [0.4, 0.5) is 11.4 Å². The number of carbonyl (C=O) groups is 1. The molecule has 1 saturated carbocycles. The first-order chi connectivity index (χ1) is 10.0. The lowest BCUT2D eigenvalue weighted by atomic mass is 9.80. The van der Waals surface area contributed by atoms with E-state index in [1.165, 1.54) is 18.2 Å². The molecule has 1 aliphatic carbocycles. The summed E-state index contributed by atoms with van der Waals surface area (Å²) in [4.78, 5) is 22.6. The highest BCUT2D eigenvalue weighted by Gasteiger charge is 2.37. The van der Waals surface area contributed by atoms with Crippen LogP contribution in [0.25, 0.3) is 0 Å². The number of anilines is 1. The van der Waals surface area contributed by atoms with Crippen molar-refractivity contribution in [2.24, 2.45) is 0 Å². The molecule has 1 fully saturated rings. The Morgan fingerprint density at radius 3 is 2.67 bits per heavy atom. The molecule has 0 unspecified atom stereocenters. The minimum atomic E-state index is -0.515. The minimum Gasteiger partial charge on any atom is -0.387 e. The van der Waals surface area contributed by atoms with E-state index in [4.69, 9.17) is 4.74 Å². The highest BCUT2D eigenvalue weighted by molar-refractivity contribution is 6.00. The maximum Gasteiger partial charge on any atom is 0.270 e. The molecule has 0 atom stereocenters. The van der Waals surface area contributed by atoms with Crippen LogP contribution in [0.15, 0.2) is 18.2 Å². The molecule has 1 aromatic carbocycles. The topological polar surface area (TPSA) is 93.5 Å². The average Bonchev–Trinajstić information content (AvgIpc) is 2.45. The lowest BCUT2D eigenvalue weighted by molar-refractivity contribution is -0.384. The van der Waals surface area contributed by atoms with E-state index in [2.05, 4.69) is 10.6 Å². The number of ether oxygens (including phenoxy) is 1. The van der Waals surface area contributed by atoms with E-state index >= 15 is 0 Å². The first kappa shape index (κ1) is 15.2. The number of amides is 1. The van der Waals surface area contributed by atoms with Crippen molar-refractivity contribution in [3.63, 3.8) is 0 Å². The minimum absolute atomic E-state index is 0.107. The zero-order valence-corrected chi connectivity index (χ0v) is 12.1. The van der Waals surface area contributed by atoms with Crippen molar-refractivity contribution in [3.8, 4) is 0 Å². The van der Waals surface area contributed by atoms with Gasteiger partial charge < -0.3 is 15.4 Å². The zero-order chi connectivity index (χ0) is 15.5. The van der Waals surface area contributed by atoms with Gasteiger partial charge in [0.25, 0.3) is 11.6 Å². The Morgan fingerprint density at radius 1 is 1.48 bits per heavy atom. The Hall–Kier alpha value is -2.15. The Morgan fingerprint density at radius 2 is 2.19 bits per heavy atom. The predicted octanol–water partition coefficient (Wildman–Crippen LogP) is 1.94. The molecular formula is C14H19N3O4. The van der Waals surface area contributed by atoms with Crippen LogP contribution < -0.4 is 10.6 Å². The summed E-state index contributed by atoms with van der Waals surface area (Å²) in [6, 6.07) is 4.18. The van der Waals surface area contributed by atoms with Gasteiger partial charge in [-0.05, 0) is 25.3 Å². The van der Waals surface area contributed by atoms with E-state index in [0.29, 0.717) is 12.2 Å². The van der Waals surface area contributed by atoms with Gasteiger partial charge in [0.05, 0.1) is 16.1 Å². The molecule has 0 aliphatic heterocycles. The molecule has 1 aromatic rings. The van der Waals surface area contributed by atoms with Crippen LogP contribution in [0.2, 0.25) is 0 Å². The number of hydrogen-bond donors (Lipinski definition) is 2. The smallest absolute Gasteiger partial charge is 0.270 e. The van der Waals surface area contributed by atoms with Gasteiger partial charge in [-0.1, -0.05) is 0 Å². The lowest BCUT2D eigenvalue weighted by Gasteiger charge is -2.40. The van der Waals surface area contributed by atoms with Gasteiger partial charge in [-0.3, -0.25) is 14.9 Å². The van der Waals surface area contributed by atoms with Gasteiger partial charge in [-0.15, -0.1) is 0 Å². The highest BCUT2D eigenvalue weighted by Crippen LogP contribution is 2.34. The van der Waals surface area contributed by atoms with Crippen molar-refractivity contribution in [2.75, 3.05) is 26.0 Å². The number of nitro benzene ring substituents is 1. The number of benzene rings is 1. The molecule has 0 aromatic heterocycles. The van der Waals surface area contributed by atoms with Gasteiger partial charge in [-0.2, -0.15) is 0 Å². The fourth-order valence-corrected chi connectivity index (χ4v) is 2.41. The third kappa shape index (κ3) is 3.13. The molecule has 0 spiro atoms. The first-order valence-corrected chi connectivity index (χ1v) is 6.81. The van der Waals surface area contributed by atoms with E-state index in [1.807, 2.05) is 0 Å². The fourth-order valence-electron chi connectivity index (χ4n) is 2.41. The number of carbonyl (C=O) groups excluding carboxylic acids is 1. The van der Waals surface area contributed by atoms with E-state index in [0.717, 1.165) is 19.3 Å². The number of nitrogens with zero attached hydrogens (tertiary/aromatic N) is 1. The number of non-ortho nitro benzene ring substituents is 1. The molecule has 0 saturated heterocycles. The van der Waals surface area contributed by atoms with Gasteiger partial charge in [0.2, 0.25) is 0 Å². The van der Waals surface area contributed by atoms with Crippen molar-refractivity contribution in [1.29, 1.82) is 0 Å². The average molecular weight is 293 g/mol. The molecule has 7 heteroatoms. The molecule has 1 aliphatic rings. The molecule has 7 nitrogen and oxygen atoms in total. The third-order valence-corrected chi connectivity index (χ3v) is 4.00. The normalized spacial score (nSPS) is 15.9. The molecule has 0 radical (unpaired) electrons. The largest absolute Gasteiger partial charge is 0.387 e. The monoisotopic (exact) mass is 293 g/mol. The molecular weight excluding hydrogens is 274 g/mol. The second-order valence-electron chi connectivity index (χ2n) is 5.16. The number of nitro groups is 1. The summed E-state index contributed by atoms with van der Waals surface area (Å²) in [7, 11) is 3.30. The maximum absolute atomic E-state index is 12.3. The molecule has 21 heavy (non-hydrogen) atoms. The van der Waals surface area contributed by atoms with Crippen LogP contribution in [-0.4, -0.2) is 37.1 Å². The summed E-state index contributed by atoms with van der Waals surface area (Å²) in [5.41, 5.74) is 0.426. The van der Waals surface area contributed by atoms with Gasteiger partial charge >= 0.3 is 0 Å². The second kappa shape index (κ2) is 6.09. The van der Waals surface area contributed by atoms with E-state index in [9.17, 15) is 14.9 Å². The summed E-state index contributed by atoms with van der Waals surface area (Å²) < 4.78 is 5.44. The van der Waals surface area contributed by atoms with Gasteiger partial charge in [-0.25, -0.2) is 0 Å². The first-order valence-electron chi connectivity index (χ1n) is 6.81. The SMILES string of the molecule is CNc1ccc([N+](=O)[O-])cc1C(=O)NCC1(OC)CCC1. The van der Waals surface area contributed by atoms with Gasteiger partial charge in [0.15, 0.2) is 0 Å². The summed E-state index contributed by atoms with van der Waals surface area (Å²) in [6.07, 6.45) is 2.91. The van der Waals surface area contributed by atoms with E-state index < -0.39 is 4.92 Å². The standard InChI is InChI=1S/C14H19N3O4/c1-15-12-5-4-10(17(19)20)8-11(12)13(18)16-9-14(21-2)6-3-7-14/h4-5,8,15H,3,6-7,9H2,1-2H3,(H,16,18). The van der Waals surface area contributed by atoms with Crippen molar-refractivity contribution in [1.82, 2.24) is 5.32 Å². The molecule has 2 N–H and O–H groups in total. The van der Waals surface area contributed by atoms with Gasteiger partial charge in [0, 0.05) is 38.5 Å². The molecule has 1 amide bonds. The van der Waals surface area contributed by atoms with Crippen molar-refractivity contribution < 1.29 is 14.5 Å².